The van der Waals surface area contributed by atoms with Gasteiger partial charge in [-0.1, -0.05) is 38.1 Å². The Morgan fingerprint density at radius 2 is 1.80 bits per heavy atom. The molecule has 2 aromatic carbocycles. The summed E-state index contributed by atoms with van der Waals surface area (Å²) in [7, 11) is 0. The van der Waals surface area contributed by atoms with E-state index in [0.29, 0.717) is 24.1 Å². The molecule has 1 unspecified atom stereocenters. The van der Waals surface area contributed by atoms with Gasteiger partial charge in [0.15, 0.2) is 0 Å². The van der Waals surface area contributed by atoms with Crippen LogP contribution in [0.5, 0.6) is 5.75 Å². The van der Waals surface area contributed by atoms with Crippen LogP contribution >= 0.6 is 0 Å². The molecule has 5 nitrogen and oxygen atoms in total. The van der Waals surface area contributed by atoms with E-state index in [1.54, 1.807) is 6.07 Å². The van der Waals surface area contributed by atoms with Crippen LogP contribution in [0.2, 0.25) is 0 Å². The van der Waals surface area contributed by atoms with E-state index >= 15 is 0 Å². The molecule has 0 radical (unpaired) electrons. The molecule has 2 aliphatic heterocycles. The number of hydrogen-bond acceptors (Lipinski definition) is 4. The fraction of sp³-hybridized carbons (Fsp3) is 0.552. The van der Waals surface area contributed by atoms with Gasteiger partial charge in [-0.25, -0.2) is 4.39 Å². The van der Waals surface area contributed by atoms with Crippen LogP contribution in [0.3, 0.4) is 0 Å². The van der Waals surface area contributed by atoms with Crippen LogP contribution in [-0.4, -0.2) is 61.6 Å². The second-order valence-electron chi connectivity index (χ2n) is 9.98. The number of carbonyl (C=O) groups excluding carboxylic acids is 1. The number of halogens is 1. The third kappa shape index (κ3) is 6.75. The number of rotatable bonds is 9. The fourth-order valence-electron chi connectivity index (χ4n) is 5.36. The first-order valence-electron chi connectivity index (χ1n) is 13.3. The number of ether oxygens (including phenoxy) is 1. The zero-order valence-corrected chi connectivity index (χ0v) is 21.3. The molecule has 0 spiro atoms. The summed E-state index contributed by atoms with van der Waals surface area (Å²) in [5, 5.41) is 0. The molecule has 2 fully saturated rings. The molecule has 0 aromatic heterocycles. The molecule has 190 valence electrons. The van der Waals surface area contributed by atoms with Crippen molar-refractivity contribution in [3.63, 3.8) is 0 Å². The Labute approximate surface area is 209 Å². The SMILES string of the molecule is CCC(CC)C(=O)N1CCCC(COc2cccc(CN3CCN(c4ccccc4F)CC3)c2)C1. The molecule has 1 amide bonds. The Bertz CT molecular complexity index is 956. The number of carbonyl (C=O) groups is 1. The van der Waals surface area contributed by atoms with Crippen molar-refractivity contribution in [3.8, 4) is 5.75 Å². The van der Waals surface area contributed by atoms with Gasteiger partial charge in [-0.05, 0) is 55.5 Å². The van der Waals surface area contributed by atoms with E-state index < -0.39 is 0 Å². The number of amides is 1. The standard InChI is InChI=1S/C29H40FN3O2/c1-3-25(4-2)29(34)33-14-8-10-24(21-33)22-35-26-11-7-9-23(19-26)20-31-15-17-32(18-16-31)28-13-6-5-12-27(28)30/h5-7,9,11-13,19,24-25H,3-4,8,10,14-18,20-22H2,1-2H3. The highest BCUT2D eigenvalue weighted by Crippen LogP contribution is 2.24. The molecule has 2 heterocycles. The van der Waals surface area contributed by atoms with Crippen LogP contribution in [0.15, 0.2) is 48.5 Å². The van der Waals surface area contributed by atoms with Crippen molar-refractivity contribution < 1.29 is 13.9 Å². The summed E-state index contributed by atoms with van der Waals surface area (Å²) >= 11 is 0. The first kappa shape index (κ1) is 25.5. The largest absolute Gasteiger partial charge is 0.493 e. The van der Waals surface area contributed by atoms with Crippen molar-refractivity contribution in [2.75, 3.05) is 50.8 Å². The van der Waals surface area contributed by atoms with Crippen LogP contribution < -0.4 is 9.64 Å². The number of para-hydroxylation sites is 1. The predicted molar refractivity (Wildman–Crippen MR) is 139 cm³/mol. The van der Waals surface area contributed by atoms with E-state index in [-0.39, 0.29) is 11.7 Å². The van der Waals surface area contributed by atoms with E-state index in [2.05, 4.69) is 46.7 Å². The number of anilines is 1. The summed E-state index contributed by atoms with van der Waals surface area (Å²) < 4.78 is 20.3. The maximum atomic E-state index is 14.1. The van der Waals surface area contributed by atoms with Crippen molar-refractivity contribution in [1.82, 2.24) is 9.80 Å². The molecule has 1 atom stereocenters. The first-order valence-corrected chi connectivity index (χ1v) is 13.3. The maximum absolute atomic E-state index is 14.1. The summed E-state index contributed by atoms with van der Waals surface area (Å²) in [5.74, 6) is 1.61. The topological polar surface area (TPSA) is 36.0 Å². The van der Waals surface area contributed by atoms with Gasteiger partial charge in [0.2, 0.25) is 5.91 Å². The van der Waals surface area contributed by atoms with Crippen LogP contribution in [0.4, 0.5) is 10.1 Å². The smallest absolute Gasteiger partial charge is 0.225 e. The van der Waals surface area contributed by atoms with E-state index in [1.807, 2.05) is 18.2 Å². The number of piperazine rings is 1. The minimum absolute atomic E-state index is 0.146. The van der Waals surface area contributed by atoms with Gasteiger partial charge in [0.25, 0.3) is 0 Å². The molecular weight excluding hydrogens is 441 g/mol. The summed E-state index contributed by atoms with van der Waals surface area (Å²) in [6.07, 6.45) is 3.99. The van der Waals surface area contributed by atoms with E-state index in [4.69, 9.17) is 4.74 Å². The zero-order valence-electron chi connectivity index (χ0n) is 21.3. The van der Waals surface area contributed by atoms with Crippen LogP contribution in [0.1, 0.15) is 45.1 Å². The van der Waals surface area contributed by atoms with Crippen molar-refractivity contribution in [3.05, 3.63) is 59.9 Å². The van der Waals surface area contributed by atoms with Gasteiger partial charge in [-0.3, -0.25) is 9.69 Å². The quantitative estimate of drug-likeness (QED) is 0.493. The fourth-order valence-corrected chi connectivity index (χ4v) is 5.36. The normalized spacial score (nSPS) is 19.3. The van der Waals surface area contributed by atoms with Gasteiger partial charge in [-0.15, -0.1) is 0 Å². The minimum Gasteiger partial charge on any atom is -0.493 e. The van der Waals surface area contributed by atoms with E-state index in [0.717, 1.165) is 77.2 Å². The Morgan fingerprint density at radius 1 is 1.03 bits per heavy atom. The number of nitrogens with zero attached hydrogens (tertiary/aromatic N) is 3. The lowest BCUT2D eigenvalue weighted by Gasteiger charge is -2.36. The van der Waals surface area contributed by atoms with Gasteiger partial charge in [0.1, 0.15) is 11.6 Å². The predicted octanol–water partition coefficient (Wildman–Crippen LogP) is 5.20. The average Bonchev–Trinajstić information content (AvgIpc) is 2.89. The molecular formula is C29H40FN3O2. The molecule has 35 heavy (non-hydrogen) atoms. The summed E-state index contributed by atoms with van der Waals surface area (Å²) in [6.45, 7) is 10.9. The molecule has 2 saturated heterocycles. The van der Waals surface area contributed by atoms with Crippen LogP contribution in [-0.2, 0) is 11.3 Å². The summed E-state index contributed by atoms with van der Waals surface area (Å²) in [5.41, 5.74) is 1.93. The van der Waals surface area contributed by atoms with Crippen LogP contribution in [0, 0.1) is 17.7 Å². The Hall–Kier alpha value is -2.60. The highest BCUT2D eigenvalue weighted by Gasteiger charge is 2.27. The Balaban J connectivity index is 1.25. The average molecular weight is 482 g/mol. The lowest BCUT2D eigenvalue weighted by molar-refractivity contribution is -0.137. The van der Waals surface area contributed by atoms with Crippen molar-refractivity contribution in [2.24, 2.45) is 11.8 Å². The van der Waals surface area contributed by atoms with Gasteiger partial charge in [0, 0.05) is 57.6 Å². The van der Waals surface area contributed by atoms with Gasteiger partial charge >= 0.3 is 0 Å². The van der Waals surface area contributed by atoms with Crippen molar-refractivity contribution >= 4 is 11.6 Å². The monoisotopic (exact) mass is 481 g/mol. The third-order valence-corrected chi connectivity index (χ3v) is 7.52. The third-order valence-electron chi connectivity index (χ3n) is 7.52. The highest BCUT2D eigenvalue weighted by molar-refractivity contribution is 5.78. The lowest BCUT2D eigenvalue weighted by atomic mass is 9.95. The molecule has 0 aliphatic carbocycles. The van der Waals surface area contributed by atoms with Gasteiger partial charge in [0.05, 0.1) is 12.3 Å². The van der Waals surface area contributed by atoms with Crippen molar-refractivity contribution in [1.29, 1.82) is 0 Å². The molecule has 0 saturated carbocycles. The lowest BCUT2D eigenvalue weighted by Crippen LogP contribution is -2.46. The number of benzene rings is 2. The van der Waals surface area contributed by atoms with Gasteiger partial charge < -0.3 is 14.5 Å². The Morgan fingerprint density at radius 3 is 2.54 bits per heavy atom. The van der Waals surface area contributed by atoms with E-state index in [9.17, 15) is 9.18 Å². The van der Waals surface area contributed by atoms with E-state index in [1.165, 1.54) is 11.6 Å². The molecule has 6 heteroatoms. The van der Waals surface area contributed by atoms with Crippen molar-refractivity contribution in [2.45, 2.75) is 46.1 Å². The van der Waals surface area contributed by atoms with Gasteiger partial charge in [-0.2, -0.15) is 0 Å². The van der Waals surface area contributed by atoms with Crippen LogP contribution in [0.25, 0.3) is 0 Å². The number of hydrogen-bond donors (Lipinski definition) is 0. The zero-order chi connectivity index (χ0) is 24.6. The molecule has 4 rings (SSSR count). The second-order valence-corrected chi connectivity index (χ2v) is 9.98. The summed E-state index contributed by atoms with van der Waals surface area (Å²) in [4.78, 5) is 19.4. The summed E-state index contributed by atoms with van der Waals surface area (Å²) in [6, 6.07) is 15.4. The molecule has 2 aromatic rings. The maximum Gasteiger partial charge on any atom is 0.225 e. The molecule has 2 aliphatic rings. The molecule has 0 bridgehead atoms. The second kappa shape index (κ2) is 12.4. The highest BCUT2D eigenvalue weighted by atomic mass is 19.1. The number of likely N-dealkylation sites (tertiary alicyclic amines) is 1. The minimum atomic E-state index is -0.146. The molecule has 0 N–H and O–H groups in total. The Kier molecular flexibility index (Phi) is 9.02. The first-order chi connectivity index (χ1) is 17.1. The number of piperidine rings is 1.